The molecule has 0 aliphatic heterocycles. The molecule has 0 aliphatic rings. The molecule has 0 bridgehead atoms. The normalized spacial score (nSPS) is 10.2. The monoisotopic (exact) mass is 276 g/mol. The number of nitrogens with zero attached hydrogens (tertiary/aromatic N) is 1. The first-order valence-corrected chi connectivity index (χ1v) is 6.06. The third-order valence-corrected chi connectivity index (χ3v) is 2.70. The number of hydrogen-bond acceptors (Lipinski definition) is 5. The predicted molar refractivity (Wildman–Crippen MR) is 73.1 cm³/mol. The van der Waals surface area contributed by atoms with E-state index in [0.717, 1.165) is 0 Å². The molecule has 0 unspecified atom stereocenters. The fraction of sp³-hybridized carbons (Fsp3) is 0.286. The summed E-state index contributed by atoms with van der Waals surface area (Å²) in [6, 6.07) is 6.91. The highest BCUT2D eigenvalue weighted by Crippen LogP contribution is 2.29. The van der Waals surface area contributed by atoms with Crippen molar-refractivity contribution in [1.82, 2.24) is 5.16 Å². The SMILES string of the molecule is COc1ccc(NC(=O)Cc2cc(C)on2)c(OC)c1. The Kier molecular flexibility index (Phi) is 4.24. The molecule has 6 heteroatoms. The molecule has 0 fully saturated rings. The van der Waals surface area contributed by atoms with E-state index < -0.39 is 0 Å². The Bertz CT molecular complexity index is 607. The highest BCUT2D eigenvalue weighted by Gasteiger charge is 2.11. The van der Waals surface area contributed by atoms with E-state index in [-0.39, 0.29) is 12.3 Å². The second kappa shape index (κ2) is 6.10. The van der Waals surface area contributed by atoms with Crippen molar-refractivity contribution in [2.45, 2.75) is 13.3 Å². The number of amides is 1. The molecule has 1 aromatic heterocycles. The summed E-state index contributed by atoms with van der Waals surface area (Å²) in [6.07, 6.45) is 0.145. The molecule has 1 heterocycles. The average molecular weight is 276 g/mol. The molecule has 2 aromatic rings. The summed E-state index contributed by atoms with van der Waals surface area (Å²) >= 11 is 0. The zero-order valence-corrected chi connectivity index (χ0v) is 11.6. The van der Waals surface area contributed by atoms with Crippen LogP contribution in [0.1, 0.15) is 11.5 Å². The first-order chi connectivity index (χ1) is 9.62. The summed E-state index contributed by atoms with van der Waals surface area (Å²) in [6.45, 7) is 1.78. The molecular formula is C14H16N2O4. The number of benzene rings is 1. The third-order valence-electron chi connectivity index (χ3n) is 2.70. The summed E-state index contributed by atoms with van der Waals surface area (Å²) in [7, 11) is 3.10. The van der Waals surface area contributed by atoms with Crippen LogP contribution in [0.5, 0.6) is 11.5 Å². The third kappa shape index (κ3) is 3.28. The van der Waals surface area contributed by atoms with Crippen molar-refractivity contribution < 1.29 is 18.8 Å². The Morgan fingerprint density at radius 3 is 2.70 bits per heavy atom. The van der Waals surface area contributed by atoms with Crippen molar-refractivity contribution in [3.05, 3.63) is 35.7 Å². The Balaban J connectivity index is 2.07. The van der Waals surface area contributed by atoms with E-state index in [9.17, 15) is 4.79 Å². The van der Waals surface area contributed by atoms with Gasteiger partial charge in [-0.3, -0.25) is 4.79 Å². The van der Waals surface area contributed by atoms with Crippen molar-refractivity contribution in [3.63, 3.8) is 0 Å². The lowest BCUT2D eigenvalue weighted by Crippen LogP contribution is -2.15. The van der Waals surface area contributed by atoms with Crippen LogP contribution >= 0.6 is 0 Å². The molecular weight excluding hydrogens is 260 g/mol. The van der Waals surface area contributed by atoms with Gasteiger partial charge in [0.2, 0.25) is 5.91 Å². The highest BCUT2D eigenvalue weighted by atomic mass is 16.5. The minimum Gasteiger partial charge on any atom is -0.497 e. The van der Waals surface area contributed by atoms with Crippen LogP contribution in [0.25, 0.3) is 0 Å². The van der Waals surface area contributed by atoms with Crippen molar-refractivity contribution in [2.24, 2.45) is 0 Å². The largest absolute Gasteiger partial charge is 0.497 e. The first kappa shape index (κ1) is 13.9. The van der Waals surface area contributed by atoms with Crippen LogP contribution < -0.4 is 14.8 Å². The number of carbonyl (C=O) groups excluding carboxylic acids is 1. The molecule has 0 spiro atoms. The number of ether oxygens (including phenoxy) is 2. The smallest absolute Gasteiger partial charge is 0.230 e. The molecule has 106 valence electrons. The van der Waals surface area contributed by atoms with E-state index in [0.29, 0.717) is 28.6 Å². The zero-order valence-electron chi connectivity index (χ0n) is 11.6. The maximum absolute atomic E-state index is 11.9. The van der Waals surface area contributed by atoms with E-state index in [4.69, 9.17) is 14.0 Å². The van der Waals surface area contributed by atoms with Gasteiger partial charge >= 0.3 is 0 Å². The Morgan fingerprint density at radius 1 is 1.30 bits per heavy atom. The fourth-order valence-electron chi connectivity index (χ4n) is 1.76. The van der Waals surface area contributed by atoms with Gasteiger partial charge in [-0.15, -0.1) is 0 Å². The van der Waals surface area contributed by atoms with Gasteiger partial charge in [-0.05, 0) is 19.1 Å². The lowest BCUT2D eigenvalue weighted by Gasteiger charge is -2.11. The Morgan fingerprint density at radius 2 is 2.10 bits per heavy atom. The number of carbonyl (C=O) groups is 1. The summed E-state index contributed by atoms with van der Waals surface area (Å²) in [5.41, 5.74) is 1.17. The van der Waals surface area contributed by atoms with E-state index in [2.05, 4.69) is 10.5 Å². The van der Waals surface area contributed by atoms with Gasteiger partial charge in [-0.2, -0.15) is 0 Å². The quantitative estimate of drug-likeness (QED) is 0.906. The van der Waals surface area contributed by atoms with Crippen LogP contribution in [-0.4, -0.2) is 25.3 Å². The van der Waals surface area contributed by atoms with Gasteiger partial charge < -0.3 is 19.3 Å². The number of aromatic nitrogens is 1. The van der Waals surface area contributed by atoms with E-state index in [1.165, 1.54) is 7.11 Å². The lowest BCUT2D eigenvalue weighted by atomic mass is 10.2. The molecule has 0 radical (unpaired) electrons. The van der Waals surface area contributed by atoms with Gasteiger partial charge in [0.05, 0.1) is 32.0 Å². The number of rotatable bonds is 5. The second-order valence-electron chi connectivity index (χ2n) is 4.22. The minimum atomic E-state index is -0.193. The van der Waals surface area contributed by atoms with Crippen LogP contribution in [0, 0.1) is 6.92 Å². The average Bonchev–Trinajstić information content (AvgIpc) is 2.84. The zero-order chi connectivity index (χ0) is 14.5. The second-order valence-corrected chi connectivity index (χ2v) is 4.22. The first-order valence-electron chi connectivity index (χ1n) is 6.06. The van der Waals surface area contributed by atoms with Gasteiger partial charge in [0.1, 0.15) is 17.3 Å². The molecule has 0 aliphatic carbocycles. The van der Waals surface area contributed by atoms with E-state index >= 15 is 0 Å². The van der Waals surface area contributed by atoms with Crippen LogP contribution in [0.3, 0.4) is 0 Å². The lowest BCUT2D eigenvalue weighted by molar-refractivity contribution is -0.115. The van der Waals surface area contributed by atoms with Crippen LogP contribution in [0.15, 0.2) is 28.8 Å². The van der Waals surface area contributed by atoms with Gasteiger partial charge in [0.15, 0.2) is 0 Å². The predicted octanol–water partition coefficient (Wildman–Crippen LogP) is 2.18. The molecule has 2 rings (SSSR count). The maximum atomic E-state index is 11.9. The van der Waals surface area contributed by atoms with Crippen molar-refractivity contribution in [2.75, 3.05) is 19.5 Å². The van der Waals surface area contributed by atoms with E-state index in [1.807, 2.05) is 0 Å². The molecule has 0 saturated carbocycles. The summed E-state index contributed by atoms with van der Waals surface area (Å²) in [4.78, 5) is 11.9. The maximum Gasteiger partial charge on any atom is 0.230 e. The van der Waals surface area contributed by atoms with Gasteiger partial charge in [0, 0.05) is 12.1 Å². The van der Waals surface area contributed by atoms with Crippen molar-refractivity contribution in [1.29, 1.82) is 0 Å². The van der Waals surface area contributed by atoms with Crippen molar-refractivity contribution in [3.8, 4) is 11.5 Å². The number of aryl methyl sites for hydroxylation is 1. The molecule has 1 N–H and O–H groups in total. The molecule has 20 heavy (non-hydrogen) atoms. The molecule has 6 nitrogen and oxygen atoms in total. The fourth-order valence-corrected chi connectivity index (χ4v) is 1.76. The van der Waals surface area contributed by atoms with E-state index in [1.54, 1.807) is 38.3 Å². The Labute approximate surface area is 116 Å². The van der Waals surface area contributed by atoms with Gasteiger partial charge in [0.25, 0.3) is 0 Å². The molecule has 0 saturated heterocycles. The molecule has 0 atom stereocenters. The number of hydrogen-bond donors (Lipinski definition) is 1. The van der Waals surface area contributed by atoms with Gasteiger partial charge in [-0.25, -0.2) is 0 Å². The van der Waals surface area contributed by atoms with Crippen LogP contribution in [0.2, 0.25) is 0 Å². The molecule has 1 aromatic carbocycles. The van der Waals surface area contributed by atoms with Crippen LogP contribution in [0.4, 0.5) is 5.69 Å². The number of methoxy groups -OCH3 is 2. The van der Waals surface area contributed by atoms with Gasteiger partial charge in [-0.1, -0.05) is 5.16 Å². The molecule has 1 amide bonds. The topological polar surface area (TPSA) is 73.6 Å². The summed E-state index contributed by atoms with van der Waals surface area (Å²) in [5, 5.41) is 6.55. The van der Waals surface area contributed by atoms with Crippen LogP contribution in [-0.2, 0) is 11.2 Å². The summed E-state index contributed by atoms with van der Waals surface area (Å²) < 4.78 is 15.2. The summed E-state index contributed by atoms with van der Waals surface area (Å²) in [5.74, 6) is 1.68. The standard InChI is InChI=1S/C14H16N2O4/c1-9-6-10(16-20-9)7-14(17)15-12-5-4-11(18-2)8-13(12)19-3/h4-6,8H,7H2,1-3H3,(H,15,17). The minimum absolute atomic E-state index is 0.145. The highest BCUT2D eigenvalue weighted by molar-refractivity contribution is 5.93. The number of nitrogens with one attached hydrogen (secondary N) is 1. The Hall–Kier alpha value is -2.50. The number of anilines is 1. The van der Waals surface area contributed by atoms with Crippen molar-refractivity contribution >= 4 is 11.6 Å².